The molecule has 0 aromatic carbocycles. The molecule has 3 fully saturated rings. The van der Waals surface area contributed by atoms with Gasteiger partial charge < -0.3 is 19.7 Å². The molecule has 2 N–H and O–H groups in total. The van der Waals surface area contributed by atoms with Gasteiger partial charge >= 0.3 is 0 Å². The number of nitrogens with one attached hydrogen (secondary N) is 2. The largest absolute Gasteiger partial charge is 0.376 e. The Kier molecular flexibility index (Phi) is 10.9. The minimum absolute atomic E-state index is 0. The molecular weight excluding hydrogens is 507 g/mol. The van der Waals surface area contributed by atoms with E-state index in [1.54, 1.807) is 7.05 Å². The van der Waals surface area contributed by atoms with Crippen LogP contribution in [-0.4, -0.2) is 83.7 Å². The third-order valence-corrected chi connectivity index (χ3v) is 7.31. The summed E-state index contributed by atoms with van der Waals surface area (Å²) in [5.74, 6) is 1.37. The molecule has 1 atom stereocenters. The van der Waals surface area contributed by atoms with Gasteiger partial charge in [-0.25, -0.2) is 13.1 Å². The smallest absolute Gasteiger partial charge is 0.213 e. The molecule has 29 heavy (non-hydrogen) atoms. The van der Waals surface area contributed by atoms with Crippen molar-refractivity contribution >= 4 is 40.0 Å². The number of nitrogens with zero attached hydrogens (tertiary/aromatic N) is 2. The molecule has 1 saturated carbocycles. The van der Waals surface area contributed by atoms with Crippen molar-refractivity contribution in [3.63, 3.8) is 0 Å². The summed E-state index contributed by atoms with van der Waals surface area (Å²) in [4.78, 5) is 6.50. The lowest BCUT2D eigenvalue weighted by atomic mass is 9.86. The van der Waals surface area contributed by atoms with Gasteiger partial charge in [-0.1, -0.05) is 6.42 Å². The van der Waals surface area contributed by atoms with E-state index >= 15 is 0 Å². The van der Waals surface area contributed by atoms with Crippen LogP contribution in [0.15, 0.2) is 4.99 Å². The number of ether oxygens (including phenoxy) is 2. The zero-order valence-corrected chi connectivity index (χ0v) is 20.6. The second-order valence-corrected chi connectivity index (χ2v) is 10.0. The van der Waals surface area contributed by atoms with Gasteiger partial charge in [-0.3, -0.25) is 4.99 Å². The van der Waals surface area contributed by atoms with Crippen molar-refractivity contribution in [2.75, 3.05) is 52.2 Å². The van der Waals surface area contributed by atoms with E-state index in [1.807, 2.05) is 0 Å². The topological polar surface area (TPSA) is 92.3 Å². The van der Waals surface area contributed by atoms with Gasteiger partial charge in [0.1, 0.15) is 0 Å². The molecule has 0 bridgehead atoms. The first-order chi connectivity index (χ1) is 13.6. The maximum atomic E-state index is 12.1. The van der Waals surface area contributed by atoms with E-state index in [0.717, 1.165) is 64.2 Å². The van der Waals surface area contributed by atoms with E-state index in [0.29, 0.717) is 25.6 Å². The van der Waals surface area contributed by atoms with Crippen LogP contribution in [0.4, 0.5) is 0 Å². The van der Waals surface area contributed by atoms with Gasteiger partial charge in [0.15, 0.2) is 5.96 Å². The maximum absolute atomic E-state index is 12.1. The number of hydrogen-bond acceptors (Lipinski definition) is 5. The van der Waals surface area contributed by atoms with Gasteiger partial charge in [0.2, 0.25) is 10.0 Å². The predicted octanol–water partition coefficient (Wildman–Crippen LogP) is 1.56. The van der Waals surface area contributed by atoms with Gasteiger partial charge in [-0.15, -0.1) is 24.0 Å². The Morgan fingerprint density at radius 3 is 2.52 bits per heavy atom. The molecule has 2 heterocycles. The third kappa shape index (κ3) is 8.47. The lowest BCUT2D eigenvalue weighted by Crippen LogP contribution is -2.48. The normalized spacial score (nSPS) is 24.2. The number of likely N-dealkylation sites (tertiary alicyclic amines) is 1. The highest BCUT2D eigenvalue weighted by molar-refractivity contribution is 14.0. The van der Waals surface area contributed by atoms with Gasteiger partial charge in [0.25, 0.3) is 0 Å². The molecule has 0 aromatic rings. The summed E-state index contributed by atoms with van der Waals surface area (Å²) in [6.45, 7) is 4.23. The van der Waals surface area contributed by atoms with Crippen LogP contribution < -0.4 is 10.0 Å². The number of rotatable bonds is 9. The predicted molar refractivity (Wildman–Crippen MR) is 125 cm³/mol. The minimum atomic E-state index is -3.23. The average Bonchev–Trinajstić information content (AvgIpc) is 3.16. The molecule has 0 radical (unpaired) electrons. The maximum Gasteiger partial charge on any atom is 0.213 e. The van der Waals surface area contributed by atoms with Crippen molar-refractivity contribution in [1.82, 2.24) is 14.9 Å². The van der Waals surface area contributed by atoms with Crippen LogP contribution in [0.3, 0.4) is 0 Å². The van der Waals surface area contributed by atoms with Crippen molar-refractivity contribution in [2.45, 2.75) is 57.2 Å². The molecule has 8 nitrogen and oxygen atoms in total. The fourth-order valence-electron chi connectivity index (χ4n) is 3.90. The molecule has 1 unspecified atom stereocenters. The molecule has 0 aromatic heterocycles. The molecule has 3 aliphatic rings. The molecule has 10 heteroatoms. The number of halogens is 1. The zero-order valence-electron chi connectivity index (χ0n) is 17.5. The fourth-order valence-corrected chi connectivity index (χ4v) is 4.90. The molecular formula is C19H37IN4O4S. The number of piperidine rings is 1. The highest BCUT2D eigenvalue weighted by Gasteiger charge is 2.24. The monoisotopic (exact) mass is 544 g/mol. The van der Waals surface area contributed by atoms with Crippen molar-refractivity contribution in [3.05, 3.63) is 0 Å². The highest BCUT2D eigenvalue weighted by atomic mass is 127. The first-order valence-corrected chi connectivity index (χ1v) is 12.4. The lowest BCUT2D eigenvalue weighted by Gasteiger charge is -2.34. The van der Waals surface area contributed by atoms with Crippen LogP contribution >= 0.6 is 24.0 Å². The van der Waals surface area contributed by atoms with Crippen molar-refractivity contribution < 1.29 is 17.9 Å². The third-order valence-electron chi connectivity index (χ3n) is 5.97. The Morgan fingerprint density at radius 2 is 1.93 bits per heavy atom. The molecule has 1 aliphatic carbocycles. The van der Waals surface area contributed by atoms with Crippen LogP contribution in [0, 0.1) is 5.92 Å². The van der Waals surface area contributed by atoms with E-state index in [4.69, 9.17) is 9.47 Å². The molecule has 3 rings (SSSR count). The van der Waals surface area contributed by atoms with Crippen LogP contribution in [-0.2, 0) is 19.5 Å². The van der Waals surface area contributed by atoms with Crippen LogP contribution in [0.2, 0.25) is 0 Å². The molecule has 2 saturated heterocycles. The van der Waals surface area contributed by atoms with Gasteiger partial charge in [0.05, 0.1) is 24.6 Å². The summed E-state index contributed by atoms with van der Waals surface area (Å²) in [5, 5.41) is 3.20. The number of guanidine groups is 1. The second kappa shape index (κ2) is 12.6. The summed E-state index contributed by atoms with van der Waals surface area (Å²) in [7, 11) is -1.49. The molecule has 0 amide bonds. The first kappa shape index (κ1) is 25.1. The summed E-state index contributed by atoms with van der Waals surface area (Å²) in [6, 6.07) is 0. The molecule has 0 spiro atoms. The van der Waals surface area contributed by atoms with E-state index in [-0.39, 0.29) is 41.9 Å². The van der Waals surface area contributed by atoms with Gasteiger partial charge in [0, 0.05) is 39.8 Å². The van der Waals surface area contributed by atoms with E-state index in [9.17, 15) is 8.42 Å². The van der Waals surface area contributed by atoms with Gasteiger partial charge in [-0.2, -0.15) is 0 Å². The standard InChI is InChI=1S/C19H36N4O4S.HI/c1-20-19(21-9-13-28(24,25)22-14-16-4-2-5-16)23-10-7-17(8-11-23)27-15-18-6-3-12-26-18;/h16-18,22H,2-15H2,1H3,(H,20,21);1H. The minimum Gasteiger partial charge on any atom is -0.376 e. The SMILES string of the molecule is CN=C(NCCS(=O)(=O)NCC1CCC1)N1CCC(OCC2CCCO2)CC1.I. The Hall–Kier alpha value is -0.170. The van der Waals surface area contributed by atoms with Gasteiger partial charge in [-0.05, 0) is 44.4 Å². The fraction of sp³-hybridized carbons (Fsp3) is 0.947. The van der Waals surface area contributed by atoms with E-state index in [1.165, 1.54) is 6.42 Å². The van der Waals surface area contributed by atoms with Crippen LogP contribution in [0.5, 0.6) is 0 Å². The Morgan fingerprint density at radius 1 is 1.17 bits per heavy atom. The quantitative estimate of drug-likeness (QED) is 0.260. The Labute approximate surface area is 192 Å². The van der Waals surface area contributed by atoms with E-state index in [2.05, 4.69) is 19.9 Å². The van der Waals surface area contributed by atoms with Crippen molar-refractivity contribution in [2.24, 2.45) is 10.9 Å². The van der Waals surface area contributed by atoms with Crippen molar-refractivity contribution in [3.8, 4) is 0 Å². The summed E-state index contributed by atoms with van der Waals surface area (Å²) >= 11 is 0. The van der Waals surface area contributed by atoms with Crippen LogP contribution in [0.1, 0.15) is 44.9 Å². The average molecular weight is 545 g/mol. The second-order valence-electron chi connectivity index (χ2n) is 8.09. The molecule has 2 aliphatic heterocycles. The molecule has 170 valence electrons. The first-order valence-electron chi connectivity index (χ1n) is 10.7. The zero-order chi connectivity index (χ0) is 19.8. The summed E-state index contributed by atoms with van der Waals surface area (Å²) in [6.07, 6.45) is 8.20. The summed E-state index contributed by atoms with van der Waals surface area (Å²) < 4.78 is 38.6. The van der Waals surface area contributed by atoms with Crippen molar-refractivity contribution in [1.29, 1.82) is 0 Å². The van der Waals surface area contributed by atoms with E-state index < -0.39 is 10.0 Å². The number of hydrogen-bond donors (Lipinski definition) is 2. The number of aliphatic imine (C=N–C) groups is 1. The Bertz CT molecular complexity index is 601. The van der Waals surface area contributed by atoms with Crippen LogP contribution in [0.25, 0.3) is 0 Å². The number of sulfonamides is 1. The lowest BCUT2D eigenvalue weighted by molar-refractivity contribution is -0.0367. The summed E-state index contributed by atoms with van der Waals surface area (Å²) in [5.41, 5.74) is 0. The highest BCUT2D eigenvalue weighted by Crippen LogP contribution is 2.25. The Balaban J connectivity index is 0.00000300.